The highest BCUT2D eigenvalue weighted by atomic mass is 79.9. The molecule has 1 amide bonds. The van der Waals surface area contributed by atoms with E-state index in [1.165, 1.54) is 10.9 Å². The average Bonchev–Trinajstić information content (AvgIpc) is 2.67. The normalized spacial score (nSPS) is 10.9. The molecule has 0 radical (unpaired) electrons. The first kappa shape index (κ1) is 14.1. The van der Waals surface area contributed by atoms with E-state index in [2.05, 4.69) is 22.0 Å². The molecule has 0 bridgehead atoms. The molecule has 5 heteroatoms. The lowest BCUT2D eigenvalue weighted by Crippen LogP contribution is -2.25. The molecule has 19 heavy (non-hydrogen) atoms. The van der Waals surface area contributed by atoms with E-state index in [9.17, 15) is 4.79 Å². The second-order valence-corrected chi connectivity index (χ2v) is 5.69. The lowest BCUT2D eigenvalue weighted by Gasteiger charge is -2.11. The first-order valence-electron chi connectivity index (χ1n) is 6.20. The average molecular weight is 324 g/mol. The van der Waals surface area contributed by atoms with Crippen molar-refractivity contribution < 1.29 is 4.79 Å². The lowest BCUT2D eigenvalue weighted by atomic mass is 10.1. The van der Waals surface area contributed by atoms with Gasteiger partial charge in [-0.15, -0.1) is 0 Å². The molecule has 0 aliphatic carbocycles. The van der Waals surface area contributed by atoms with E-state index < -0.39 is 0 Å². The molecule has 0 saturated heterocycles. The van der Waals surface area contributed by atoms with Gasteiger partial charge in [-0.2, -0.15) is 0 Å². The van der Waals surface area contributed by atoms with Crippen LogP contribution in [0.5, 0.6) is 0 Å². The number of aromatic nitrogens is 1. The van der Waals surface area contributed by atoms with E-state index in [0.29, 0.717) is 13.1 Å². The number of nitrogens with zero attached hydrogens (tertiary/aromatic N) is 2. The number of rotatable bonds is 4. The summed E-state index contributed by atoms with van der Waals surface area (Å²) in [7, 11) is 3.54. The van der Waals surface area contributed by atoms with Crippen molar-refractivity contribution in [2.75, 3.05) is 20.6 Å². The number of likely N-dealkylation sites (N-methyl/N-ethyl adjacent to an activating group) is 1. The maximum atomic E-state index is 11.9. The number of halogens is 1. The fourth-order valence-electron chi connectivity index (χ4n) is 2.11. The number of nitrogens with two attached hydrogens (primary N) is 1. The minimum Gasteiger partial charge on any atom is -0.347 e. The fourth-order valence-corrected chi connectivity index (χ4v) is 2.46. The molecular weight excluding hydrogens is 306 g/mol. The van der Waals surface area contributed by atoms with Crippen LogP contribution >= 0.6 is 15.9 Å². The van der Waals surface area contributed by atoms with Crippen molar-refractivity contribution in [1.29, 1.82) is 0 Å². The number of carbonyl (C=O) groups is 1. The molecule has 0 atom stereocenters. The van der Waals surface area contributed by atoms with Gasteiger partial charge in [0.05, 0.1) is 0 Å². The van der Waals surface area contributed by atoms with Crippen molar-refractivity contribution in [1.82, 2.24) is 9.47 Å². The predicted octanol–water partition coefficient (Wildman–Crippen LogP) is 1.99. The summed E-state index contributed by atoms with van der Waals surface area (Å²) in [5.74, 6) is 0.0798. The summed E-state index contributed by atoms with van der Waals surface area (Å²) < 4.78 is 3.00. The maximum absolute atomic E-state index is 11.9. The Hall–Kier alpha value is -1.33. The van der Waals surface area contributed by atoms with Gasteiger partial charge in [0.1, 0.15) is 6.54 Å². The van der Waals surface area contributed by atoms with E-state index in [-0.39, 0.29) is 5.91 Å². The Morgan fingerprint density at radius 2 is 2.16 bits per heavy atom. The zero-order valence-corrected chi connectivity index (χ0v) is 12.8. The van der Waals surface area contributed by atoms with Gasteiger partial charge in [-0.05, 0) is 30.7 Å². The number of carbonyl (C=O) groups excluding carboxylic acids is 1. The molecular formula is C14H18BrN3O. The van der Waals surface area contributed by atoms with Gasteiger partial charge in [0.25, 0.3) is 0 Å². The number of amides is 1. The Labute approximate surface area is 121 Å². The number of benzene rings is 1. The number of fused-ring (bicyclic) bond motifs is 1. The van der Waals surface area contributed by atoms with Crippen molar-refractivity contribution in [3.05, 3.63) is 34.4 Å². The third-order valence-electron chi connectivity index (χ3n) is 3.14. The lowest BCUT2D eigenvalue weighted by molar-refractivity contribution is -0.129. The maximum Gasteiger partial charge on any atom is 0.241 e. The predicted molar refractivity (Wildman–Crippen MR) is 81.1 cm³/mol. The fraction of sp³-hybridized carbons (Fsp3) is 0.357. The molecule has 1 aromatic heterocycles. The third kappa shape index (κ3) is 2.98. The van der Waals surface area contributed by atoms with Crippen molar-refractivity contribution >= 4 is 32.7 Å². The van der Waals surface area contributed by atoms with Crippen LogP contribution in [0.1, 0.15) is 5.56 Å². The summed E-state index contributed by atoms with van der Waals surface area (Å²) in [6, 6.07) is 6.12. The van der Waals surface area contributed by atoms with Gasteiger partial charge in [0.15, 0.2) is 0 Å². The minimum absolute atomic E-state index is 0.0798. The zero-order chi connectivity index (χ0) is 14.0. The zero-order valence-electron chi connectivity index (χ0n) is 11.2. The van der Waals surface area contributed by atoms with Gasteiger partial charge in [0, 0.05) is 35.7 Å². The van der Waals surface area contributed by atoms with Gasteiger partial charge in [-0.3, -0.25) is 4.79 Å². The molecule has 0 aliphatic heterocycles. The molecule has 4 nitrogen and oxygen atoms in total. The molecule has 1 heterocycles. The molecule has 0 unspecified atom stereocenters. The highest BCUT2D eigenvalue weighted by molar-refractivity contribution is 9.10. The molecule has 0 spiro atoms. The van der Waals surface area contributed by atoms with Gasteiger partial charge >= 0.3 is 0 Å². The summed E-state index contributed by atoms with van der Waals surface area (Å²) in [4.78, 5) is 13.5. The molecule has 2 N–H and O–H groups in total. The SMILES string of the molecule is CN(C)C(=O)Cn1cc(CCN)c2ccc(Br)cc21. The summed E-state index contributed by atoms with van der Waals surface area (Å²) in [6.45, 7) is 0.960. The third-order valence-corrected chi connectivity index (χ3v) is 3.64. The van der Waals surface area contributed by atoms with Gasteiger partial charge in [0.2, 0.25) is 5.91 Å². The Kier molecular flexibility index (Phi) is 4.27. The van der Waals surface area contributed by atoms with E-state index >= 15 is 0 Å². The van der Waals surface area contributed by atoms with Crippen LogP contribution in [0.2, 0.25) is 0 Å². The van der Waals surface area contributed by atoms with Crippen molar-refractivity contribution in [3.63, 3.8) is 0 Å². The summed E-state index contributed by atoms with van der Waals surface area (Å²) in [5.41, 5.74) is 7.90. The molecule has 0 aliphatic rings. The van der Waals surface area contributed by atoms with Crippen LogP contribution in [0.3, 0.4) is 0 Å². The molecule has 0 fully saturated rings. The molecule has 2 rings (SSSR count). The molecule has 1 aromatic carbocycles. The summed E-state index contributed by atoms with van der Waals surface area (Å²) in [6.07, 6.45) is 2.85. The Morgan fingerprint density at radius 1 is 1.42 bits per heavy atom. The Bertz CT molecular complexity index is 604. The van der Waals surface area contributed by atoms with E-state index in [4.69, 9.17) is 5.73 Å². The number of hydrogen-bond acceptors (Lipinski definition) is 2. The second-order valence-electron chi connectivity index (χ2n) is 4.77. The first-order chi connectivity index (χ1) is 9.02. The largest absolute Gasteiger partial charge is 0.347 e. The molecule has 0 saturated carbocycles. The monoisotopic (exact) mass is 323 g/mol. The Morgan fingerprint density at radius 3 is 2.79 bits per heavy atom. The first-order valence-corrected chi connectivity index (χ1v) is 6.99. The van der Waals surface area contributed by atoms with Crippen molar-refractivity contribution in [3.8, 4) is 0 Å². The molecule has 102 valence electrons. The Balaban J connectivity index is 2.47. The van der Waals surface area contributed by atoms with Crippen LogP contribution in [0.4, 0.5) is 0 Å². The van der Waals surface area contributed by atoms with Crippen LogP contribution < -0.4 is 5.73 Å². The summed E-state index contributed by atoms with van der Waals surface area (Å²) >= 11 is 3.48. The van der Waals surface area contributed by atoms with Crippen molar-refractivity contribution in [2.45, 2.75) is 13.0 Å². The highest BCUT2D eigenvalue weighted by Gasteiger charge is 2.12. The van der Waals surface area contributed by atoms with Crippen LogP contribution in [-0.4, -0.2) is 36.0 Å². The van der Waals surface area contributed by atoms with Gasteiger partial charge in [-0.25, -0.2) is 0 Å². The van der Waals surface area contributed by atoms with Crippen molar-refractivity contribution in [2.24, 2.45) is 5.73 Å². The van der Waals surface area contributed by atoms with Gasteiger partial charge in [-0.1, -0.05) is 22.0 Å². The van der Waals surface area contributed by atoms with E-state index in [0.717, 1.165) is 16.4 Å². The van der Waals surface area contributed by atoms with Gasteiger partial charge < -0.3 is 15.2 Å². The van der Waals surface area contributed by atoms with E-state index in [1.807, 2.05) is 22.9 Å². The quantitative estimate of drug-likeness (QED) is 0.935. The van der Waals surface area contributed by atoms with Crippen LogP contribution in [0, 0.1) is 0 Å². The summed E-state index contributed by atoms with van der Waals surface area (Å²) in [5, 5.41) is 1.17. The van der Waals surface area contributed by atoms with Crippen LogP contribution in [0.25, 0.3) is 10.9 Å². The number of hydrogen-bond donors (Lipinski definition) is 1. The highest BCUT2D eigenvalue weighted by Crippen LogP contribution is 2.25. The van der Waals surface area contributed by atoms with Crippen LogP contribution in [0.15, 0.2) is 28.9 Å². The topological polar surface area (TPSA) is 51.3 Å². The standard InChI is InChI=1S/C14H18BrN3O/c1-17(2)14(19)9-18-8-10(5-6-16)12-4-3-11(15)7-13(12)18/h3-4,7-8H,5-6,9,16H2,1-2H3. The minimum atomic E-state index is 0.0798. The van der Waals surface area contributed by atoms with E-state index in [1.54, 1.807) is 19.0 Å². The second kappa shape index (κ2) is 5.75. The molecule has 2 aromatic rings. The smallest absolute Gasteiger partial charge is 0.241 e. The van der Waals surface area contributed by atoms with Crippen LogP contribution in [-0.2, 0) is 17.8 Å².